The summed E-state index contributed by atoms with van der Waals surface area (Å²) in [6, 6.07) is 6.91. The topological polar surface area (TPSA) is 78.9 Å². The molecular weight excluding hydrogens is 308 g/mol. The Bertz CT molecular complexity index is 609. The molecule has 132 valence electrons. The van der Waals surface area contributed by atoms with Crippen LogP contribution in [0.4, 0.5) is 4.79 Å². The molecule has 6 heteroatoms. The second kappa shape index (κ2) is 7.21. The lowest BCUT2D eigenvalue weighted by molar-refractivity contribution is -0.140. The van der Waals surface area contributed by atoms with Crippen molar-refractivity contribution in [1.29, 1.82) is 0 Å². The lowest BCUT2D eigenvalue weighted by Gasteiger charge is -2.40. The van der Waals surface area contributed by atoms with E-state index < -0.39 is 29.6 Å². The van der Waals surface area contributed by atoms with E-state index >= 15 is 0 Å². The maximum Gasteiger partial charge on any atom is 0.410 e. The van der Waals surface area contributed by atoms with E-state index in [0.29, 0.717) is 19.6 Å². The molecule has 0 bridgehead atoms. The van der Waals surface area contributed by atoms with Crippen molar-refractivity contribution in [2.45, 2.75) is 45.3 Å². The number of carbonyl (C=O) groups excluding carboxylic acids is 1. The Hall–Kier alpha value is -2.08. The van der Waals surface area contributed by atoms with E-state index in [9.17, 15) is 14.7 Å². The molecule has 1 aliphatic heterocycles. The highest BCUT2D eigenvalue weighted by Crippen LogP contribution is 2.28. The molecule has 2 atom stereocenters. The third kappa shape index (κ3) is 4.26. The van der Waals surface area contributed by atoms with Gasteiger partial charge in [-0.3, -0.25) is 4.79 Å². The highest BCUT2D eigenvalue weighted by atomic mass is 16.6. The first-order valence-corrected chi connectivity index (χ1v) is 8.19. The largest absolute Gasteiger partial charge is 0.481 e. The van der Waals surface area contributed by atoms with Gasteiger partial charge in [-0.05, 0) is 38.8 Å². The van der Waals surface area contributed by atoms with Gasteiger partial charge in [-0.15, -0.1) is 0 Å². The quantitative estimate of drug-likeness (QED) is 0.887. The zero-order valence-electron chi connectivity index (χ0n) is 14.7. The first kappa shape index (κ1) is 18.3. The fourth-order valence-corrected chi connectivity index (χ4v) is 3.01. The summed E-state index contributed by atoms with van der Waals surface area (Å²) in [5, 5.41) is 13.0. The molecule has 6 nitrogen and oxygen atoms in total. The summed E-state index contributed by atoms with van der Waals surface area (Å²) in [5.74, 6) is -1.74. The van der Waals surface area contributed by atoms with Gasteiger partial charge in [0.2, 0.25) is 0 Å². The van der Waals surface area contributed by atoms with Crippen LogP contribution >= 0.6 is 0 Å². The fourth-order valence-electron chi connectivity index (χ4n) is 3.01. The van der Waals surface area contributed by atoms with E-state index in [1.807, 2.05) is 31.2 Å². The summed E-state index contributed by atoms with van der Waals surface area (Å²) in [6.07, 6.45) is -0.464. The van der Waals surface area contributed by atoms with Crippen LogP contribution in [-0.2, 0) is 9.53 Å². The van der Waals surface area contributed by atoms with Crippen molar-refractivity contribution in [2.75, 3.05) is 19.6 Å². The number of hydrogen-bond donors (Lipinski definition) is 2. The summed E-state index contributed by atoms with van der Waals surface area (Å²) in [6.45, 7) is 8.77. The molecule has 2 N–H and O–H groups in total. The van der Waals surface area contributed by atoms with Crippen molar-refractivity contribution >= 4 is 12.1 Å². The van der Waals surface area contributed by atoms with E-state index in [1.54, 1.807) is 25.7 Å². The molecule has 1 amide bonds. The van der Waals surface area contributed by atoms with Crippen LogP contribution in [0.25, 0.3) is 0 Å². The average Bonchev–Trinajstić information content (AvgIpc) is 2.48. The van der Waals surface area contributed by atoms with Gasteiger partial charge >= 0.3 is 12.1 Å². The van der Waals surface area contributed by atoms with Crippen LogP contribution in [0, 0.1) is 6.92 Å². The van der Waals surface area contributed by atoms with Gasteiger partial charge in [0.15, 0.2) is 0 Å². The minimum absolute atomic E-state index is 0.421. The molecule has 0 saturated carbocycles. The summed E-state index contributed by atoms with van der Waals surface area (Å²) >= 11 is 0. The normalized spacial score (nSPS) is 19.7. The van der Waals surface area contributed by atoms with Crippen molar-refractivity contribution in [3.8, 4) is 0 Å². The Balaban J connectivity index is 2.34. The summed E-state index contributed by atoms with van der Waals surface area (Å²) in [4.78, 5) is 26.1. The van der Waals surface area contributed by atoms with E-state index in [0.717, 1.165) is 11.1 Å². The Morgan fingerprint density at radius 3 is 2.58 bits per heavy atom. The number of piperazine rings is 1. The standard InChI is InChI=1S/C18H26N2O4/c1-12-7-5-6-8-13(12)15(16(21)22)14-11-19-9-10-20(14)17(23)24-18(2,3)4/h5-8,14-15,19H,9-11H2,1-4H3,(H,21,22). The monoisotopic (exact) mass is 334 g/mol. The number of rotatable bonds is 3. The lowest BCUT2D eigenvalue weighted by atomic mass is 9.87. The second-order valence-corrected chi connectivity index (χ2v) is 7.12. The first-order valence-electron chi connectivity index (χ1n) is 8.19. The minimum atomic E-state index is -0.938. The van der Waals surface area contributed by atoms with Crippen LogP contribution in [-0.4, -0.2) is 53.3 Å². The minimum Gasteiger partial charge on any atom is -0.481 e. The van der Waals surface area contributed by atoms with Crippen LogP contribution in [0.15, 0.2) is 24.3 Å². The average molecular weight is 334 g/mol. The molecule has 1 heterocycles. The van der Waals surface area contributed by atoms with Crippen molar-refractivity contribution < 1.29 is 19.4 Å². The molecule has 0 radical (unpaired) electrons. The smallest absolute Gasteiger partial charge is 0.410 e. The Morgan fingerprint density at radius 1 is 1.33 bits per heavy atom. The number of hydrogen-bond acceptors (Lipinski definition) is 4. The predicted octanol–water partition coefficient (Wildman–Crippen LogP) is 2.37. The van der Waals surface area contributed by atoms with Gasteiger partial charge in [-0.2, -0.15) is 0 Å². The maximum atomic E-state index is 12.6. The number of aliphatic carboxylic acids is 1. The molecule has 0 aromatic heterocycles. The van der Waals surface area contributed by atoms with Crippen LogP contribution in [0.5, 0.6) is 0 Å². The maximum absolute atomic E-state index is 12.6. The molecule has 0 spiro atoms. The van der Waals surface area contributed by atoms with E-state index in [1.165, 1.54) is 0 Å². The second-order valence-electron chi connectivity index (χ2n) is 7.12. The van der Waals surface area contributed by atoms with Crippen molar-refractivity contribution in [2.24, 2.45) is 0 Å². The molecular formula is C18H26N2O4. The van der Waals surface area contributed by atoms with Crippen molar-refractivity contribution in [3.63, 3.8) is 0 Å². The van der Waals surface area contributed by atoms with Gasteiger partial charge in [-0.25, -0.2) is 4.79 Å². The van der Waals surface area contributed by atoms with Crippen LogP contribution in [0.3, 0.4) is 0 Å². The predicted molar refractivity (Wildman–Crippen MR) is 91.2 cm³/mol. The Morgan fingerprint density at radius 2 is 2.00 bits per heavy atom. The van der Waals surface area contributed by atoms with Gasteiger partial charge < -0.3 is 20.1 Å². The number of carboxylic acids is 1. The van der Waals surface area contributed by atoms with Crippen LogP contribution < -0.4 is 5.32 Å². The number of aryl methyl sites for hydroxylation is 1. The van der Waals surface area contributed by atoms with Gasteiger partial charge in [0, 0.05) is 19.6 Å². The van der Waals surface area contributed by atoms with E-state index in [-0.39, 0.29) is 0 Å². The number of carbonyl (C=O) groups is 2. The van der Waals surface area contributed by atoms with Gasteiger partial charge in [0.25, 0.3) is 0 Å². The molecule has 24 heavy (non-hydrogen) atoms. The zero-order chi connectivity index (χ0) is 17.9. The molecule has 1 aromatic rings. The van der Waals surface area contributed by atoms with Gasteiger partial charge in [0.1, 0.15) is 11.5 Å². The third-order valence-corrected chi connectivity index (χ3v) is 4.09. The molecule has 2 unspecified atom stereocenters. The Labute approximate surface area is 142 Å². The Kier molecular flexibility index (Phi) is 5.49. The van der Waals surface area contributed by atoms with Gasteiger partial charge in [0.05, 0.1) is 6.04 Å². The van der Waals surface area contributed by atoms with Gasteiger partial charge in [-0.1, -0.05) is 24.3 Å². The number of nitrogens with one attached hydrogen (secondary N) is 1. The number of benzene rings is 1. The number of carboxylic acid groups (broad SMARTS) is 1. The highest BCUT2D eigenvalue weighted by molar-refractivity contribution is 5.79. The number of amides is 1. The molecule has 1 aromatic carbocycles. The zero-order valence-corrected chi connectivity index (χ0v) is 14.7. The summed E-state index contributed by atoms with van der Waals surface area (Å²) < 4.78 is 5.47. The SMILES string of the molecule is Cc1ccccc1C(C(=O)O)C1CNCCN1C(=O)OC(C)(C)C. The van der Waals surface area contributed by atoms with Crippen LogP contribution in [0.1, 0.15) is 37.8 Å². The number of nitrogens with zero attached hydrogens (tertiary/aromatic N) is 1. The summed E-state index contributed by atoms with van der Waals surface area (Å²) in [5.41, 5.74) is 1.01. The molecule has 1 saturated heterocycles. The molecule has 2 rings (SSSR count). The third-order valence-electron chi connectivity index (χ3n) is 4.09. The van der Waals surface area contributed by atoms with Crippen molar-refractivity contribution in [3.05, 3.63) is 35.4 Å². The molecule has 1 fully saturated rings. The van der Waals surface area contributed by atoms with E-state index in [4.69, 9.17) is 4.74 Å². The molecule has 0 aliphatic carbocycles. The van der Waals surface area contributed by atoms with Crippen molar-refractivity contribution in [1.82, 2.24) is 10.2 Å². The lowest BCUT2D eigenvalue weighted by Crippen LogP contribution is -2.58. The highest BCUT2D eigenvalue weighted by Gasteiger charge is 2.40. The summed E-state index contributed by atoms with van der Waals surface area (Å²) in [7, 11) is 0. The van der Waals surface area contributed by atoms with Crippen LogP contribution in [0.2, 0.25) is 0 Å². The fraction of sp³-hybridized carbons (Fsp3) is 0.556. The van der Waals surface area contributed by atoms with E-state index in [2.05, 4.69) is 5.32 Å². The molecule has 1 aliphatic rings. The number of ether oxygens (including phenoxy) is 1. The first-order chi connectivity index (χ1) is 11.2.